The number of aryl methyl sites for hydroxylation is 2. The van der Waals surface area contributed by atoms with Crippen LogP contribution in [0.15, 0.2) is 6.07 Å². The normalized spacial score (nSPS) is 10.2. The second kappa shape index (κ2) is 3.82. The Balaban J connectivity index is 3.28. The molecule has 72 valence electrons. The summed E-state index contributed by atoms with van der Waals surface area (Å²) < 4.78 is 5.63. The first-order valence-electron chi connectivity index (χ1n) is 4.78. The molecule has 0 amide bonds. The number of hydrogen-bond acceptors (Lipinski definition) is 1. The van der Waals surface area contributed by atoms with Crippen LogP contribution in [0, 0.1) is 27.7 Å². The predicted molar refractivity (Wildman–Crippen MR) is 56.6 cm³/mol. The molecule has 0 heterocycles. The van der Waals surface area contributed by atoms with Gasteiger partial charge in [0.2, 0.25) is 0 Å². The monoisotopic (exact) mass is 178 g/mol. The van der Waals surface area contributed by atoms with Crippen molar-refractivity contribution in [3.8, 4) is 5.75 Å². The number of rotatable bonds is 2. The van der Waals surface area contributed by atoms with E-state index in [9.17, 15) is 0 Å². The Morgan fingerprint density at radius 1 is 1.00 bits per heavy atom. The molecule has 0 N–H and O–H groups in total. The van der Waals surface area contributed by atoms with E-state index in [1.807, 2.05) is 6.92 Å². The molecule has 0 unspecified atom stereocenters. The van der Waals surface area contributed by atoms with Crippen LogP contribution in [0.4, 0.5) is 0 Å². The molecule has 1 heteroatoms. The van der Waals surface area contributed by atoms with E-state index in [0.29, 0.717) is 0 Å². The topological polar surface area (TPSA) is 9.23 Å². The number of hydrogen-bond donors (Lipinski definition) is 0. The van der Waals surface area contributed by atoms with Gasteiger partial charge in [0.05, 0.1) is 6.61 Å². The highest BCUT2D eigenvalue weighted by Crippen LogP contribution is 2.28. The molecular formula is C12H18O. The third-order valence-corrected chi connectivity index (χ3v) is 2.59. The van der Waals surface area contributed by atoms with Gasteiger partial charge in [0.15, 0.2) is 0 Å². The smallest absolute Gasteiger partial charge is 0.125 e. The molecule has 0 aliphatic heterocycles. The van der Waals surface area contributed by atoms with Crippen molar-refractivity contribution in [2.45, 2.75) is 34.6 Å². The molecule has 0 radical (unpaired) electrons. The third kappa shape index (κ3) is 1.85. The Morgan fingerprint density at radius 3 is 1.85 bits per heavy atom. The van der Waals surface area contributed by atoms with Crippen molar-refractivity contribution in [1.29, 1.82) is 0 Å². The average molecular weight is 178 g/mol. The second-order valence-electron chi connectivity index (χ2n) is 3.52. The van der Waals surface area contributed by atoms with Crippen molar-refractivity contribution < 1.29 is 4.74 Å². The van der Waals surface area contributed by atoms with Crippen LogP contribution in [-0.2, 0) is 0 Å². The van der Waals surface area contributed by atoms with E-state index in [1.165, 1.54) is 22.3 Å². The summed E-state index contributed by atoms with van der Waals surface area (Å²) in [6.07, 6.45) is 0. The lowest BCUT2D eigenvalue weighted by Gasteiger charge is -2.14. The Kier molecular flexibility index (Phi) is 2.97. The van der Waals surface area contributed by atoms with Gasteiger partial charge in [-0.2, -0.15) is 0 Å². The molecular weight excluding hydrogens is 160 g/mol. The Morgan fingerprint density at radius 2 is 1.46 bits per heavy atom. The van der Waals surface area contributed by atoms with Gasteiger partial charge in [0.1, 0.15) is 5.75 Å². The van der Waals surface area contributed by atoms with E-state index >= 15 is 0 Å². The highest BCUT2D eigenvalue weighted by molar-refractivity contribution is 5.48. The average Bonchev–Trinajstić information content (AvgIpc) is 2.09. The van der Waals surface area contributed by atoms with Crippen molar-refractivity contribution >= 4 is 0 Å². The van der Waals surface area contributed by atoms with Gasteiger partial charge < -0.3 is 4.74 Å². The van der Waals surface area contributed by atoms with Crippen LogP contribution in [0.5, 0.6) is 5.75 Å². The lowest BCUT2D eigenvalue weighted by Crippen LogP contribution is -2.00. The van der Waals surface area contributed by atoms with Crippen molar-refractivity contribution in [2.75, 3.05) is 6.61 Å². The van der Waals surface area contributed by atoms with Gasteiger partial charge in [-0.25, -0.2) is 0 Å². The maximum atomic E-state index is 5.63. The van der Waals surface area contributed by atoms with Crippen LogP contribution in [0.2, 0.25) is 0 Å². The summed E-state index contributed by atoms with van der Waals surface area (Å²) in [5.74, 6) is 1.07. The minimum absolute atomic E-state index is 0.741. The quantitative estimate of drug-likeness (QED) is 0.675. The minimum atomic E-state index is 0.741. The highest BCUT2D eigenvalue weighted by Gasteiger charge is 2.08. The molecule has 1 aromatic carbocycles. The van der Waals surface area contributed by atoms with Crippen molar-refractivity contribution in [1.82, 2.24) is 0 Å². The van der Waals surface area contributed by atoms with Gasteiger partial charge in [-0.05, 0) is 56.9 Å². The summed E-state index contributed by atoms with van der Waals surface area (Å²) in [5, 5.41) is 0. The molecule has 1 nitrogen and oxygen atoms in total. The SMILES string of the molecule is CCOc1c(C)c(C)cc(C)c1C. The fourth-order valence-corrected chi connectivity index (χ4v) is 1.54. The molecule has 13 heavy (non-hydrogen) atoms. The molecule has 1 aromatic rings. The zero-order valence-corrected chi connectivity index (χ0v) is 9.19. The fraction of sp³-hybridized carbons (Fsp3) is 0.500. The first-order chi connectivity index (χ1) is 6.07. The summed E-state index contributed by atoms with van der Waals surface area (Å²) >= 11 is 0. The van der Waals surface area contributed by atoms with E-state index in [2.05, 4.69) is 33.8 Å². The van der Waals surface area contributed by atoms with Crippen molar-refractivity contribution in [3.05, 3.63) is 28.3 Å². The van der Waals surface area contributed by atoms with Crippen LogP contribution in [0.1, 0.15) is 29.2 Å². The fourth-order valence-electron chi connectivity index (χ4n) is 1.54. The Bertz CT molecular complexity index is 287. The molecule has 0 bridgehead atoms. The van der Waals surface area contributed by atoms with Crippen molar-refractivity contribution in [3.63, 3.8) is 0 Å². The van der Waals surface area contributed by atoms with E-state index in [4.69, 9.17) is 4.74 Å². The summed E-state index contributed by atoms with van der Waals surface area (Å²) in [6.45, 7) is 11.3. The van der Waals surface area contributed by atoms with Crippen molar-refractivity contribution in [2.24, 2.45) is 0 Å². The van der Waals surface area contributed by atoms with Gasteiger partial charge in [0, 0.05) is 0 Å². The molecule has 0 spiro atoms. The van der Waals surface area contributed by atoms with Crippen LogP contribution >= 0.6 is 0 Å². The predicted octanol–water partition coefficient (Wildman–Crippen LogP) is 3.32. The molecule has 0 atom stereocenters. The van der Waals surface area contributed by atoms with E-state index in [-0.39, 0.29) is 0 Å². The van der Waals surface area contributed by atoms with Crippen LogP contribution in [-0.4, -0.2) is 6.61 Å². The van der Waals surface area contributed by atoms with E-state index in [0.717, 1.165) is 12.4 Å². The molecule has 0 aliphatic rings. The third-order valence-electron chi connectivity index (χ3n) is 2.59. The maximum Gasteiger partial charge on any atom is 0.125 e. The van der Waals surface area contributed by atoms with Gasteiger partial charge in [0.25, 0.3) is 0 Å². The Labute approximate surface area is 80.7 Å². The van der Waals surface area contributed by atoms with E-state index in [1.54, 1.807) is 0 Å². The Hall–Kier alpha value is -0.980. The molecule has 0 aliphatic carbocycles. The summed E-state index contributed by atoms with van der Waals surface area (Å²) in [5.41, 5.74) is 5.16. The highest BCUT2D eigenvalue weighted by atomic mass is 16.5. The zero-order valence-electron chi connectivity index (χ0n) is 9.19. The first-order valence-corrected chi connectivity index (χ1v) is 4.78. The molecule has 0 saturated heterocycles. The lowest BCUT2D eigenvalue weighted by atomic mass is 10.0. The summed E-state index contributed by atoms with van der Waals surface area (Å²) in [6, 6.07) is 2.22. The van der Waals surface area contributed by atoms with Gasteiger partial charge >= 0.3 is 0 Å². The summed E-state index contributed by atoms with van der Waals surface area (Å²) in [4.78, 5) is 0. The van der Waals surface area contributed by atoms with Crippen LogP contribution < -0.4 is 4.74 Å². The molecule has 0 saturated carbocycles. The van der Waals surface area contributed by atoms with Gasteiger partial charge in [-0.1, -0.05) is 6.07 Å². The van der Waals surface area contributed by atoms with Gasteiger partial charge in [-0.15, -0.1) is 0 Å². The number of ether oxygens (including phenoxy) is 1. The summed E-state index contributed by atoms with van der Waals surface area (Å²) in [7, 11) is 0. The standard InChI is InChI=1S/C12H18O/c1-6-13-12-10(4)8(2)7-9(3)11(12)5/h7H,6H2,1-5H3. The van der Waals surface area contributed by atoms with E-state index < -0.39 is 0 Å². The van der Waals surface area contributed by atoms with Crippen LogP contribution in [0.3, 0.4) is 0 Å². The number of benzene rings is 1. The molecule has 1 rings (SSSR count). The molecule has 0 fully saturated rings. The zero-order chi connectivity index (χ0) is 10.0. The minimum Gasteiger partial charge on any atom is -0.493 e. The maximum absolute atomic E-state index is 5.63. The lowest BCUT2D eigenvalue weighted by molar-refractivity contribution is 0.335. The molecule has 0 aromatic heterocycles. The largest absolute Gasteiger partial charge is 0.493 e. The van der Waals surface area contributed by atoms with Gasteiger partial charge in [-0.3, -0.25) is 0 Å². The van der Waals surface area contributed by atoms with Crippen LogP contribution in [0.25, 0.3) is 0 Å². The second-order valence-corrected chi connectivity index (χ2v) is 3.52. The first kappa shape index (κ1) is 10.1.